The molecule has 2 saturated heterocycles. The maximum Gasteiger partial charge on any atom is 0.309 e. The highest BCUT2D eigenvalue weighted by atomic mass is 16.6. The summed E-state index contributed by atoms with van der Waals surface area (Å²) in [5, 5.41) is 24.1. The lowest BCUT2D eigenvalue weighted by molar-refractivity contribution is -0.153. The number of carbonyl (C=O) groups is 2. The standard InChI is InChI=1S/C30H40O6/c1-12-11-18-20-21(30(12)24(18)29(6,34)10-8-17-14(3)27(32)36-25(17)30)15(4)19-22(20)28(5,33)9-7-16-13(2)26(31)35-23(16)19/h11,13-14,16-18,20-25,33-34H,7-10H2,1-6H3/t13-,14-,16?,17?,18-,20-,21-,22-,23-,24-,25-,28+,29-,30+/m0/s1. The Hall–Kier alpha value is -1.66. The molecule has 2 aliphatic heterocycles. The molecule has 6 nitrogen and oxygen atoms in total. The van der Waals surface area contributed by atoms with Crippen molar-refractivity contribution >= 4 is 11.9 Å². The molecule has 2 bridgehead atoms. The molecule has 36 heavy (non-hydrogen) atoms. The van der Waals surface area contributed by atoms with Crippen LogP contribution in [0.3, 0.4) is 0 Å². The molecule has 6 heteroatoms. The Morgan fingerprint density at radius 3 is 2.22 bits per heavy atom. The van der Waals surface area contributed by atoms with E-state index in [0.717, 1.165) is 18.4 Å². The van der Waals surface area contributed by atoms with Crippen molar-refractivity contribution in [2.75, 3.05) is 0 Å². The molecular weight excluding hydrogens is 456 g/mol. The predicted octanol–water partition coefficient (Wildman–Crippen LogP) is 3.80. The summed E-state index contributed by atoms with van der Waals surface area (Å²) in [6.45, 7) is 12.2. The molecule has 7 rings (SSSR count). The summed E-state index contributed by atoms with van der Waals surface area (Å²) < 4.78 is 12.4. The summed E-state index contributed by atoms with van der Waals surface area (Å²) in [6.07, 6.45) is 4.59. The number of esters is 2. The first-order valence-electron chi connectivity index (χ1n) is 14.1. The SMILES string of the molecule is CC1=C[C@H]2[C@H]3[C@H](C(C)=C4[C@H]5OC(=O)[C@@H](C)C5CC[C@@](C)(O)[C@@H]43)[C@@]13[C@@H]2[C@@](C)(O)CCC1[C@H](C)C(=O)O[C@@H]13. The molecule has 5 aliphatic carbocycles. The van der Waals surface area contributed by atoms with Crippen LogP contribution in [0.25, 0.3) is 0 Å². The molecule has 2 heterocycles. The predicted molar refractivity (Wildman–Crippen MR) is 131 cm³/mol. The van der Waals surface area contributed by atoms with E-state index in [0.29, 0.717) is 12.8 Å². The first-order chi connectivity index (χ1) is 16.8. The quantitative estimate of drug-likeness (QED) is 0.391. The highest BCUT2D eigenvalue weighted by Crippen LogP contribution is 2.78. The minimum Gasteiger partial charge on any atom is -0.461 e. The average Bonchev–Trinajstić information content (AvgIpc) is 3.49. The molecule has 2 unspecified atom stereocenters. The minimum atomic E-state index is -0.931. The lowest BCUT2D eigenvalue weighted by atomic mass is 9.58. The van der Waals surface area contributed by atoms with Gasteiger partial charge in [0, 0.05) is 29.1 Å². The number of allylic oxidation sites excluding steroid dienone is 2. The van der Waals surface area contributed by atoms with Crippen LogP contribution in [0.4, 0.5) is 0 Å². The molecule has 0 aromatic heterocycles. The Morgan fingerprint density at radius 2 is 1.50 bits per heavy atom. The molecule has 196 valence electrons. The molecule has 0 radical (unpaired) electrons. The second-order valence-corrected chi connectivity index (χ2v) is 13.9. The van der Waals surface area contributed by atoms with Crippen LogP contribution in [-0.4, -0.2) is 45.6 Å². The van der Waals surface area contributed by atoms with E-state index >= 15 is 0 Å². The van der Waals surface area contributed by atoms with E-state index in [2.05, 4.69) is 19.9 Å². The lowest BCUT2D eigenvalue weighted by Crippen LogP contribution is -2.51. The van der Waals surface area contributed by atoms with Crippen molar-refractivity contribution in [3.8, 4) is 0 Å². The average molecular weight is 497 g/mol. The first kappa shape index (κ1) is 23.5. The van der Waals surface area contributed by atoms with Gasteiger partial charge in [0.25, 0.3) is 0 Å². The maximum atomic E-state index is 13.0. The fraction of sp³-hybridized carbons (Fsp3) is 0.800. The van der Waals surface area contributed by atoms with Crippen molar-refractivity contribution in [1.29, 1.82) is 0 Å². The van der Waals surface area contributed by atoms with Crippen LogP contribution in [0.1, 0.15) is 67.2 Å². The summed E-state index contributed by atoms with van der Waals surface area (Å²) >= 11 is 0. The third kappa shape index (κ3) is 2.43. The van der Waals surface area contributed by atoms with Crippen LogP contribution in [0, 0.1) is 58.7 Å². The summed E-state index contributed by atoms with van der Waals surface area (Å²) in [5.41, 5.74) is 1.23. The van der Waals surface area contributed by atoms with Crippen LogP contribution >= 0.6 is 0 Å². The van der Waals surface area contributed by atoms with Gasteiger partial charge in [-0.15, -0.1) is 0 Å². The molecule has 3 saturated carbocycles. The Labute approximate surface area is 213 Å². The normalized spacial score (nSPS) is 58.8. The van der Waals surface area contributed by atoms with Crippen molar-refractivity contribution in [1.82, 2.24) is 0 Å². The zero-order valence-corrected chi connectivity index (χ0v) is 22.3. The zero-order valence-electron chi connectivity index (χ0n) is 22.3. The van der Waals surface area contributed by atoms with Gasteiger partial charge >= 0.3 is 11.9 Å². The molecule has 0 aromatic carbocycles. The molecule has 0 spiro atoms. The second kappa shape index (κ2) is 6.85. The van der Waals surface area contributed by atoms with Crippen LogP contribution < -0.4 is 0 Å². The Kier molecular flexibility index (Phi) is 4.46. The van der Waals surface area contributed by atoms with Gasteiger partial charge in [0.05, 0.1) is 23.0 Å². The van der Waals surface area contributed by atoms with Gasteiger partial charge in [-0.2, -0.15) is 0 Å². The lowest BCUT2D eigenvalue weighted by Gasteiger charge is -2.47. The van der Waals surface area contributed by atoms with E-state index in [9.17, 15) is 19.8 Å². The van der Waals surface area contributed by atoms with E-state index in [1.807, 2.05) is 27.7 Å². The molecule has 7 aliphatic rings. The highest BCUT2D eigenvalue weighted by Gasteiger charge is 2.78. The van der Waals surface area contributed by atoms with Gasteiger partial charge in [-0.3, -0.25) is 9.59 Å². The largest absolute Gasteiger partial charge is 0.461 e. The van der Waals surface area contributed by atoms with Gasteiger partial charge < -0.3 is 19.7 Å². The van der Waals surface area contributed by atoms with Crippen molar-refractivity contribution < 1.29 is 29.3 Å². The van der Waals surface area contributed by atoms with E-state index in [1.54, 1.807) is 0 Å². The van der Waals surface area contributed by atoms with Gasteiger partial charge in [0.1, 0.15) is 12.2 Å². The van der Waals surface area contributed by atoms with Crippen molar-refractivity contribution in [3.63, 3.8) is 0 Å². The van der Waals surface area contributed by atoms with Crippen molar-refractivity contribution in [2.45, 2.75) is 90.6 Å². The third-order valence-electron chi connectivity index (χ3n) is 12.4. The number of hydrogen-bond acceptors (Lipinski definition) is 6. The van der Waals surface area contributed by atoms with Gasteiger partial charge in [-0.1, -0.05) is 31.1 Å². The molecule has 2 N–H and O–H groups in total. The topological polar surface area (TPSA) is 93.1 Å². The van der Waals surface area contributed by atoms with E-state index in [1.165, 1.54) is 11.1 Å². The highest BCUT2D eigenvalue weighted by molar-refractivity contribution is 5.76. The first-order valence-corrected chi connectivity index (χ1v) is 14.1. The number of ether oxygens (including phenoxy) is 2. The molecular formula is C30H40O6. The fourth-order valence-corrected chi connectivity index (χ4v) is 11.0. The smallest absolute Gasteiger partial charge is 0.309 e. The maximum absolute atomic E-state index is 13.0. The minimum absolute atomic E-state index is 0.0486. The number of aliphatic hydroxyl groups is 2. The molecule has 14 atom stereocenters. The molecule has 0 amide bonds. The Bertz CT molecular complexity index is 1130. The van der Waals surface area contributed by atoms with E-state index in [-0.39, 0.29) is 77.4 Å². The molecule has 5 fully saturated rings. The van der Waals surface area contributed by atoms with Gasteiger partial charge in [-0.25, -0.2) is 0 Å². The summed E-state index contributed by atoms with van der Waals surface area (Å²) in [6, 6.07) is 0. The zero-order chi connectivity index (χ0) is 25.7. The third-order valence-corrected chi connectivity index (χ3v) is 12.4. The number of rotatable bonds is 0. The Morgan fingerprint density at radius 1 is 0.889 bits per heavy atom. The van der Waals surface area contributed by atoms with Crippen LogP contribution in [0.15, 0.2) is 22.8 Å². The summed E-state index contributed by atoms with van der Waals surface area (Å²) in [4.78, 5) is 25.7. The molecule has 0 aromatic rings. The monoisotopic (exact) mass is 496 g/mol. The number of fused-ring (bicyclic) bond motifs is 7. The second-order valence-electron chi connectivity index (χ2n) is 13.9. The number of hydrogen-bond donors (Lipinski definition) is 2. The van der Waals surface area contributed by atoms with Crippen LogP contribution in [0.2, 0.25) is 0 Å². The van der Waals surface area contributed by atoms with Gasteiger partial charge in [0.15, 0.2) is 0 Å². The van der Waals surface area contributed by atoms with Gasteiger partial charge in [0.2, 0.25) is 0 Å². The van der Waals surface area contributed by atoms with Crippen LogP contribution in [0.5, 0.6) is 0 Å². The van der Waals surface area contributed by atoms with E-state index < -0.39 is 16.6 Å². The summed E-state index contributed by atoms with van der Waals surface area (Å²) in [5.74, 6) is -0.460. The van der Waals surface area contributed by atoms with Crippen molar-refractivity contribution in [2.24, 2.45) is 58.7 Å². The number of carbonyl (C=O) groups excluding carboxylic acids is 2. The fourth-order valence-electron chi connectivity index (χ4n) is 11.0. The Balaban J connectivity index is 1.47. The van der Waals surface area contributed by atoms with E-state index in [4.69, 9.17) is 9.47 Å². The van der Waals surface area contributed by atoms with Gasteiger partial charge in [-0.05, 0) is 76.7 Å². The van der Waals surface area contributed by atoms with Crippen LogP contribution in [-0.2, 0) is 19.1 Å². The van der Waals surface area contributed by atoms with Crippen molar-refractivity contribution in [3.05, 3.63) is 22.8 Å². The summed E-state index contributed by atoms with van der Waals surface area (Å²) in [7, 11) is 0.